The Balaban J connectivity index is 2.04. The van der Waals surface area contributed by atoms with Gasteiger partial charge in [0.25, 0.3) is 0 Å². The summed E-state index contributed by atoms with van der Waals surface area (Å²) in [4.78, 5) is 0. The van der Waals surface area contributed by atoms with Gasteiger partial charge in [-0.15, -0.1) is 0 Å². The van der Waals surface area contributed by atoms with Crippen molar-refractivity contribution in [1.29, 1.82) is 0 Å². The van der Waals surface area contributed by atoms with Gasteiger partial charge in [-0.2, -0.15) is 0 Å². The van der Waals surface area contributed by atoms with E-state index < -0.39 is 0 Å². The first-order chi connectivity index (χ1) is 10.4. The molecule has 2 aliphatic rings. The van der Waals surface area contributed by atoms with Crippen LogP contribution in [0.3, 0.4) is 0 Å². The molecule has 9 atom stereocenters. The number of rotatable bonds is 4. The molecule has 0 aromatic carbocycles. The van der Waals surface area contributed by atoms with Gasteiger partial charge in [-0.05, 0) is 43.4 Å². The molecule has 0 radical (unpaired) electrons. The Bertz CT molecular complexity index is 344. The largest absolute Gasteiger partial charge is 0.372 e. The van der Waals surface area contributed by atoms with Crippen molar-refractivity contribution in [3.05, 3.63) is 0 Å². The molecule has 2 rings (SSSR count). The highest BCUT2D eigenvalue weighted by Gasteiger charge is 2.42. The van der Waals surface area contributed by atoms with E-state index in [1.807, 2.05) is 0 Å². The van der Waals surface area contributed by atoms with Crippen molar-refractivity contribution in [1.82, 2.24) is 0 Å². The van der Waals surface area contributed by atoms with E-state index in [-0.39, 0.29) is 18.5 Å². The minimum absolute atomic E-state index is 0.0677. The summed E-state index contributed by atoms with van der Waals surface area (Å²) in [6, 6.07) is 0. The Labute approximate surface area is 137 Å². The van der Waals surface area contributed by atoms with E-state index in [4.69, 9.17) is 14.2 Å². The predicted octanol–water partition coefficient (Wildman–Crippen LogP) is 4.64. The lowest BCUT2D eigenvalue weighted by Gasteiger charge is -2.46. The summed E-state index contributed by atoms with van der Waals surface area (Å²) in [6.45, 7) is 15.8. The first-order valence-electron chi connectivity index (χ1n) is 9.35. The SMILES string of the molecule is CCC1O[C@H](O[C@@H]2C(CC)OC(C)C(C)[C@H]2C)C[C@@H](C)[C@@H]1C. The highest BCUT2D eigenvalue weighted by Crippen LogP contribution is 2.38. The van der Waals surface area contributed by atoms with Crippen LogP contribution in [-0.2, 0) is 14.2 Å². The van der Waals surface area contributed by atoms with Crippen molar-refractivity contribution in [3.63, 3.8) is 0 Å². The van der Waals surface area contributed by atoms with Crippen molar-refractivity contribution in [3.8, 4) is 0 Å². The van der Waals surface area contributed by atoms with Crippen LogP contribution in [0.15, 0.2) is 0 Å². The molecule has 2 heterocycles. The molecule has 0 aliphatic carbocycles. The molecule has 4 unspecified atom stereocenters. The molecular formula is C19H36O3. The van der Waals surface area contributed by atoms with E-state index in [0.29, 0.717) is 35.9 Å². The fourth-order valence-corrected chi connectivity index (χ4v) is 4.07. The van der Waals surface area contributed by atoms with E-state index in [1.165, 1.54) is 0 Å². The quantitative estimate of drug-likeness (QED) is 0.757. The fraction of sp³-hybridized carbons (Fsp3) is 1.00. The van der Waals surface area contributed by atoms with Crippen LogP contribution in [0.4, 0.5) is 0 Å². The number of ether oxygens (including phenoxy) is 3. The Kier molecular flexibility index (Phi) is 6.32. The lowest BCUT2D eigenvalue weighted by Crippen LogP contribution is -2.52. The summed E-state index contributed by atoms with van der Waals surface area (Å²) in [5.41, 5.74) is 0. The molecule has 0 saturated carbocycles. The van der Waals surface area contributed by atoms with Crippen molar-refractivity contribution >= 4 is 0 Å². The van der Waals surface area contributed by atoms with E-state index >= 15 is 0 Å². The molecule has 2 fully saturated rings. The average Bonchev–Trinajstić information content (AvgIpc) is 2.50. The van der Waals surface area contributed by atoms with E-state index in [2.05, 4.69) is 48.5 Å². The Morgan fingerprint density at radius 1 is 0.818 bits per heavy atom. The lowest BCUT2D eigenvalue weighted by molar-refractivity contribution is -0.281. The van der Waals surface area contributed by atoms with Crippen LogP contribution in [0.25, 0.3) is 0 Å². The molecule has 0 amide bonds. The molecular weight excluding hydrogens is 276 g/mol. The molecule has 2 aliphatic heterocycles. The van der Waals surface area contributed by atoms with Gasteiger partial charge in [0.2, 0.25) is 0 Å². The van der Waals surface area contributed by atoms with Crippen LogP contribution in [0, 0.1) is 23.7 Å². The summed E-state index contributed by atoms with van der Waals surface area (Å²) in [6.07, 6.45) is 3.98. The molecule has 3 heteroatoms. The Hall–Kier alpha value is -0.120. The van der Waals surface area contributed by atoms with E-state index in [1.54, 1.807) is 0 Å². The Morgan fingerprint density at radius 3 is 2.05 bits per heavy atom. The summed E-state index contributed by atoms with van der Waals surface area (Å²) in [5, 5.41) is 0. The molecule has 3 nitrogen and oxygen atoms in total. The first kappa shape index (κ1) is 18.2. The van der Waals surface area contributed by atoms with E-state index in [0.717, 1.165) is 19.3 Å². The lowest BCUT2D eigenvalue weighted by atomic mass is 9.81. The summed E-state index contributed by atoms with van der Waals surface area (Å²) in [5.74, 6) is 2.30. The molecule has 0 aromatic rings. The number of hydrogen-bond acceptors (Lipinski definition) is 3. The van der Waals surface area contributed by atoms with Crippen molar-refractivity contribution < 1.29 is 14.2 Å². The highest BCUT2D eigenvalue weighted by atomic mass is 16.7. The summed E-state index contributed by atoms with van der Waals surface area (Å²) >= 11 is 0. The monoisotopic (exact) mass is 312 g/mol. The van der Waals surface area contributed by atoms with Gasteiger partial charge in [0, 0.05) is 6.42 Å². The van der Waals surface area contributed by atoms with Gasteiger partial charge in [-0.25, -0.2) is 0 Å². The smallest absolute Gasteiger partial charge is 0.158 e. The summed E-state index contributed by atoms with van der Waals surface area (Å²) < 4.78 is 18.9. The van der Waals surface area contributed by atoms with Crippen LogP contribution in [-0.4, -0.2) is 30.7 Å². The van der Waals surface area contributed by atoms with Gasteiger partial charge in [0.05, 0.1) is 24.4 Å². The van der Waals surface area contributed by atoms with Gasteiger partial charge in [-0.1, -0.05) is 41.5 Å². The molecule has 0 aromatic heterocycles. The van der Waals surface area contributed by atoms with Crippen molar-refractivity contribution in [2.24, 2.45) is 23.7 Å². The molecule has 0 bridgehead atoms. The van der Waals surface area contributed by atoms with Crippen LogP contribution < -0.4 is 0 Å². The normalized spacial score (nSPS) is 50.0. The average molecular weight is 312 g/mol. The zero-order valence-electron chi connectivity index (χ0n) is 15.5. The van der Waals surface area contributed by atoms with E-state index in [9.17, 15) is 0 Å². The topological polar surface area (TPSA) is 27.7 Å². The number of hydrogen-bond donors (Lipinski definition) is 0. The second-order valence-electron chi connectivity index (χ2n) is 7.69. The molecule has 22 heavy (non-hydrogen) atoms. The minimum Gasteiger partial charge on any atom is -0.372 e. The van der Waals surface area contributed by atoms with Gasteiger partial charge >= 0.3 is 0 Å². The summed E-state index contributed by atoms with van der Waals surface area (Å²) in [7, 11) is 0. The van der Waals surface area contributed by atoms with Crippen molar-refractivity contribution in [2.45, 2.75) is 98.4 Å². The van der Waals surface area contributed by atoms with Gasteiger partial charge in [0.1, 0.15) is 0 Å². The second-order valence-corrected chi connectivity index (χ2v) is 7.69. The van der Waals surface area contributed by atoms with Crippen LogP contribution >= 0.6 is 0 Å². The van der Waals surface area contributed by atoms with Gasteiger partial charge in [-0.3, -0.25) is 0 Å². The second kappa shape index (κ2) is 7.63. The van der Waals surface area contributed by atoms with Crippen molar-refractivity contribution in [2.75, 3.05) is 0 Å². The molecule has 0 spiro atoms. The third kappa shape index (κ3) is 3.68. The Morgan fingerprint density at radius 2 is 1.45 bits per heavy atom. The molecule has 0 N–H and O–H groups in total. The zero-order valence-corrected chi connectivity index (χ0v) is 15.5. The van der Waals surface area contributed by atoms with Gasteiger partial charge < -0.3 is 14.2 Å². The van der Waals surface area contributed by atoms with Gasteiger partial charge in [0.15, 0.2) is 6.29 Å². The van der Waals surface area contributed by atoms with Crippen LogP contribution in [0.2, 0.25) is 0 Å². The third-order valence-corrected chi connectivity index (χ3v) is 6.33. The zero-order chi connectivity index (χ0) is 16.4. The van der Waals surface area contributed by atoms with Crippen LogP contribution in [0.1, 0.15) is 67.7 Å². The maximum Gasteiger partial charge on any atom is 0.158 e. The molecule has 2 saturated heterocycles. The first-order valence-corrected chi connectivity index (χ1v) is 9.35. The maximum atomic E-state index is 6.47. The molecule has 130 valence electrons. The minimum atomic E-state index is -0.0677. The fourth-order valence-electron chi connectivity index (χ4n) is 4.07. The highest BCUT2D eigenvalue weighted by molar-refractivity contribution is 4.88. The third-order valence-electron chi connectivity index (χ3n) is 6.33. The van der Waals surface area contributed by atoms with Crippen LogP contribution in [0.5, 0.6) is 0 Å². The predicted molar refractivity (Wildman–Crippen MR) is 89.7 cm³/mol. The standard InChI is InChI=1S/C19H36O3/c1-8-16-12(4)11(3)10-18(21-16)22-19-14(6)13(5)15(7)20-17(19)9-2/h11-19H,8-10H2,1-7H3/t11-,12+,13?,14-,15?,16?,17?,18-,19+/m1/s1. The maximum absolute atomic E-state index is 6.47.